The molecular weight excluding hydrogens is 717 g/mol. The van der Waals surface area contributed by atoms with E-state index < -0.39 is 0 Å². The number of anilines is 3. The molecule has 0 spiro atoms. The maximum atomic E-state index is 6.80. The topological polar surface area (TPSA) is 21.3 Å². The highest BCUT2D eigenvalue weighted by molar-refractivity contribution is 6.19. The van der Waals surface area contributed by atoms with Gasteiger partial charge in [-0.3, -0.25) is 0 Å². The van der Waals surface area contributed by atoms with Crippen LogP contribution in [0.3, 0.4) is 0 Å². The fourth-order valence-electron chi connectivity index (χ4n) is 9.19. The van der Waals surface area contributed by atoms with Crippen LogP contribution in [0.15, 0.2) is 223 Å². The van der Waals surface area contributed by atoms with Crippen LogP contribution in [0.5, 0.6) is 0 Å². The molecule has 59 heavy (non-hydrogen) atoms. The van der Waals surface area contributed by atoms with E-state index in [9.17, 15) is 0 Å². The third-order valence-corrected chi connectivity index (χ3v) is 12.0. The molecule has 12 rings (SSSR count). The summed E-state index contributed by atoms with van der Waals surface area (Å²) < 4.78 is 9.23. The van der Waals surface area contributed by atoms with Gasteiger partial charge < -0.3 is 13.9 Å². The number of furan rings is 1. The predicted molar refractivity (Wildman–Crippen MR) is 249 cm³/mol. The van der Waals surface area contributed by atoms with E-state index in [4.69, 9.17) is 4.42 Å². The van der Waals surface area contributed by atoms with Crippen LogP contribution in [0, 0.1) is 0 Å². The molecular formula is C56H36N2O. The lowest BCUT2D eigenvalue weighted by atomic mass is 10.0. The van der Waals surface area contributed by atoms with E-state index in [1.807, 2.05) is 0 Å². The Morgan fingerprint density at radius 3 is 1.78 bits per heavy atom. The largest absolute Gasteiger partial charge is 0.454 e. The van der Waals surface area contributed by atoms with E-state index in [0.717, 1.165) is 50.3 Å². The molecule has 0 atom stereocenters. The first-order valence-electron chi connectivity index (χ1n) is 20.2. The molecule has 0 bridgehead atoms. The fraction of sp³-hybridized carbons (Fsp3) is 0. The number of benzene rings is 10. The molecule has 276 valence electrons. The summed E-state index contributed by atoms with van der Waals surface area (Å²) in [4.78, 5) is 2.36. The highest BCUT2D eigenvalue weighted by Crippen LogP contribution is 2.45. The molecule has 2 heterocycles. The van der Waals surface area contributed by atoms with Crippen LogP contribution in [0.2, 0.25) is 0 Å². The van der Waals surface area contributed by atoms with Crippen LogP contribution >= 0.6 is 0 Å². The quantitative estimate of drug-likeness (QED) is 0.169. The number of rotatable bonds is 6. The van der Waals surface area contributed by atoms with Crippen LogP contribution in [0.1, 0.15) is 0 Å². The molecule has 0 unspecified atom stereocenters. The van der Waals surface area contributed by atoms with E-state index in [1.54, 1.807) is 0 Å². The molecule has 3 heteroatoms. The maximum Gasteiger partial charge on any atom is 0.159 e. The van der Waals surface area contributed by atoms with Gasteiger partial charge in [0, 0.05) is 43.7 Å². The van der Waals surface area contributed by atoms with E-state index in [2.05, 4.69) is 228 Å². The molecule has 2 aromatic heterocycles. The van der Waals surface area contributed by atoms with Gasteiger partial charge in [-0.1, -0.05) is 164 Å². The highest BCUT2D eigenvalue weighted by Gasteiger charge is 2.22. The molecule has 0 saturated heterocycles. The minimum absolute atomic E-state index is 0.858. The van der Waals surface area contributed by atoms with Gasteiger partial charge in [0.05, 0.1) is 22.4 Å². The van der Waals surface area contributed by atoms with E-state index in [-0.39, 0.29) is 0 Å². The van der Waals surface area contributed by atoms with E-state index in [0.29, 0.717) is 0 Å². The summed E-state index contributed by atoms with van der Waals surface area (Å²) in [6.07, 6.45) is 0. The molecule has 0 N–H and O–H groups in total. The summed E-state index contributed by atoms with van der Waals surface area (Å²) in [7, 11) is 0. The highest BCUT2D eigenvalue weighted by atomic mass is 16.3. The Balaban J connectivity index is 1.03. The number of nitrogens with zero attached hydrogens (tertiary/aromatic N) is 2. The summed E-state index contributed by atoms with van der Waals surface area (Å²) in [5, 5.41) is 9.54. The predicted octanol–water partition coefficient (Wildman–Crippen LogP) is 15.8. The van der Waals surface area contributed by atoms with Crippen molar-refractivity contribution in [3.63, 3.8) is 0 Å². The van der Waals surface area contributed by atoms with E-state index in [1.165, 1.54) is 60.0 Å². The Morgan fingerprint density at radius 2 is 0.949 bits per heavy atom. The van der Waals surface area contributed by atoms with Gasteiger partial charge in [0.2, 0.25) is 0 Å². The zero-order valence-electron chi connectivity index (χ0n) is 32.1. The van der Waals surface area contributed by atoms with Gasteiger partial charge in [0.25, 0.3) is 0 Å². The van der Waals surface area contributed by atoms with Gasteiger partial charge in [-0.2, -0.15) is 0 Å². The zero-order chi connectivity index (χ0) is 38.9. The fourth-order valence-corrected chi connectivity index (χ4v) is 9.19. The molecule has 0 aliphatic carbocycles. The van der Waals surface area contributed by atoms with Crippen LogP contribution in [0.4, 0.5) is 17.1 Å². The van der Waals surface area contributed by atoms with Gasteiger partial charge in [-0.25, -0.2) is 0 Å². The monoisotopic (exact) mass is 752 g/mol. The normalized spacial score (nSPS) is 11.7. The van der Waals surface area contributed by atoms with Crippen LogP contribution < -0.4 is 4.90 Å². The minimum Gasteiger partial charge on any atom is -0.454 e. The third-order valence-electron chi connectivity index (χ3n) is 12.0. The third kappa shape index (κ3) is 5.36. The summed E-state index contributed by atoms with van der Waals surface area (Å²) >= 11 is 0. The van der Waals surface area contributed by atoms with Gasteiger partial charge in [0.15, 0.2) is 5.58 Å². The Morgan fingerprint density at radius 1 is 0.356 bits per heavy atom. The van der Waals surface area contributed by atoms with Crippen LogP contribution in [0.25, 0.3) is 93.2 Å². The molecule has 0 aliphatic rings. The van der Waals surface area contributed by atoms with Crippen molar-refractivity contribution in [2.75, 3.05) is 4.90 Å². The van der Waals surface area contributed by atoms with Crippen molar-refractivity contribution in [2.45, 2.75) is 0 Å². The molecule has 0 saturated carbocycles. The molecule has 0 amide bonds. The van der Waals surface area contributed by atoms with Gasteiger partial charge in [-0.15, -0.1) is 0 Å². The summed E-state index contributed by atoms with van der Waals surface area (Å²) in [5.74, 6) is 0. The Labute approximate surface area is 341 Å². The Kier molecular flexibility index (Phi) is 7.54. The first-order chi connectivity index (χ1) is 29.3. The second-order valence-corrected chi connectivity index (χ2v) is 15.3. The van der Waals surface area contributed by atoms with Gasteiger partial charge in [-0.05, 0) is 87.6 Å². The molecule has 0 fully saturated rings. The first-order valence-corrected chi connectivity index (χ1v) is 20.2. The molecule has 12 aromatic rings. The average Bonchev–Trinajstić information content (AvgIpc) is 3.86. The van der Waals surface area contributed by atoms with Crippen molar-refractivity contribution in [3.8, 4) is 27.9 Å². The van der Waals surface area contributed by atoms with Gasteiger partial charge >= 0.3 is 0 Å². The maximum absolute atomic E-state index is 6.80. The minimum atomic E-state index is 0.858. The second kappa shape index (κ2) is 13.4. The number of hydrogen-bond donors (Lipinski definition) is 0. The van der Waals surface area contributed by atoms with Crippen LogP contribution in [-0.2, 0) is 0 Å². The van der Waals surface area contributed by atoms with Crippen molar-refractivity contribution < 1.29 is 4.42 Å². The zero-order valence-corrected chi connectivity index (χ0v) is 32.1. The lowest BCUT2D eigenvalue weighted by Gasteiger charge is -2.27. The van der Waals surface area contributed by atoms with Crippen molar-refractivity contribution in [2.24, 2.45) is 0 Å². The number of hydrogen-bond acceptors (Lipinski definition) is 2. The smallest absolute Gasteiger partial charge is 0.159 e. The lowest BCUT2D eigenvalue weighted by Crippen LogP contribution is -2.10. The average molecular weight is 753 g/mol. The van der Waals surface area contributed by atoms with Crippen molar-refractivity contribution in [3.05, 3.63) is 218 Å². The molecule has 0 aliphatic heterocycles. The first kappa shape index (κ1) is 33.3. The molecule has 3 nitrogen and oxygen atoms in total. The second-order valence-electron chi connectivity index (χ2n) is 15.3. The Hall–Kier alpha value is -7.88. The van der Waals surface area contributed by atoms with Crippen molar-refractivity contribution >= 4 is 82.4 Å². The summed E-state index contributed by atoms with van der Waals surface area (Å²) in [6.45, 7) is 0. The Bertz CT molecular complexity index is 3540. The standard InChI is InChI=1S/C56H36N2O/c1-3-13-37(14-4-1)41-29-34-54-50(35-41)49-22-12-24-52(56(49)59-54)57(51-23-11-17-39-15-7-9-20-45(39)51)44-30-25-38(26-31-44)42-28-32-47-48-33-27-40-16-8-10-21-46(40)55(48)58(53(47)36-42)43-18-5-2-6-19-43/h1-36H. The van der Waals surface area contributed by atoms with Crippen molar-refractivity contribution in [1.82, 2.24) is 4.57 Å². The molecule has 10 aromatic carbocycles. The van der Waals surface area contributed by atoms with E-state index >= 15 is 0 Å². The molecule has 0 radical (unpaired) electrons. The summed E-state index contributed by atoms with van der Waals surface area (Å²) in [5.41, 5.74) is 13.1. The van der Waals surface area contributed by atoms with Crippen LogP contribution in [-0.4, -0.2) is 4.57 Å². The lowest BCUT2D eigenvalue weighted by molar-refractivity contribution is 0.669. The number of para-hydroxylation sites is 2. The SMILES string of the molecule is c1ccc(-c2ccc3oc4c(N(c5ccc(-c6ccc7c8ccc9ccccc9c8n(-c8ccccc8)c7c6)cc5)c5cccc6ccccc56)cccc4c3c2)cc1. The summed E-state index contributed by atoms with van der Waals surface area (Å²) in [6, 6.07) is 78.6. The van der Waals surface area contributed by atoms with Gasteiger partial charge in [0.1, 0.15) is 5.58 Å². The number of aromatic nitrogens is 1. The number of fused-ring (bicyclic) bond motifs is 9. The van der Waals surface area contributed by atoms with Crippen molar-refractivity contribution in [1.29, 1.82) is 0 Å².